The molecule has 1 aromatic carbocycles. The van der Waals surface area contributed by atoms with Crippen LogP contribution in [0.3, 0.4) is 0 Å². The third-order valence-corrected chi connectivity index (χ3v) is 4.21. The fourth-order valence-electron chi connectivity index (χ4n) is 2.18. The van der Waals surface area contributed by atoms with Crippen LogP contribution in [0.25, 0.3) is 23.0 Å². The van der Waals surface area contributed by atoms with E-state index in [-0.39, 0.29) is 17.6 Å². The van der Waals surface area contributed by atoms with Gasteiger partial charge < -0.3 is 4.52 Å². The number of sulfonamides is 1. The van der Waals surface area contributed by atoms with Gasteiger partial charge in [-0.15, -0.1) is 0 Å². The largest absolute Gasteiger partial charge is 0.332 e. The minimum absolute atomic E-state index is 0.118. The number of nitrogens with one attached hydrogen (secondary N) is 1. The first-order valence-corrected chi connectivity index (χ1v) is 9.94. The van der Waals surface area contributed by atoms with E-state index in [2.05, 4.69) is 24.8 Å². The van der Waals surface area contributed by atoms with Crippen molar-refractivity contribution in [2.45, 2.75) is 19.8 Å². The Kier molecular flexibility index (Phi) is 4.92. The van der Waals surface area contributed by atoms with Crippen LogP contribution in [0.2, 0.25) is 5.02 Å². The van der Waals surface area contributed by atoms with Crippen LogP contribution >= 0.6 is 11.6 Å². The van der Waals surface area contributed by atoms with Crippen LogP contribution in [0.5, 0.6) is 0 Å². The molecule has 0 atom stereocenters. The van der Waals surface area contributed by atoms with Gasteiger partial charge in [-0.3, -0.25) is 4.72 Å². The topological polar surface area (TPSA) is 111 Å². The average Bonchev–Trinajstić information content (AvgIpc) is 3.03. The highest BCUT2D eigenvalue weighted by atomic mass is 35.5. The highest BCUT2D eigenvalue weighted by molar-refractivity contribution is 7.92. The standard InChI is InChI=1S/C16H16ClN5O3S/c1-9(2)14-18-8-12(17)13(19-14)16-20-15(21-25-16)10-5-4-6-11(7-10)22-26(3,23)24/h4-9,22H,1-3H3. The highest BCUT2D eigenvalue weighted by Gasteiger charge is 2.17. The molecule has 0 unspecified atom stereocenters. The Morgan fingerprint density at radius 3 is 2.69 bits per heavy atom. The second-order valence-electron chi connectivity index (χ2n) is 5.96. The minimum Gasteiger partial charge on any atom is -0.332 e. The lowest BCUT2D eigenvalue weighted by Gasteiger charge is -2.05. The summed E-state index contributed by atoms with van der Waals surface area (Å²) in [4.78, 5) is 12.9. The van der Waals surface area contributed by atoms with E-state index in [0.29, 0.717) is 27.8 Å². The van der Waals surface area contributed by atoms with Gasteiger partial charge in [0.05, 0.1) is 17.5 Å². The third kappa shape index (κ3) is 4.17. The molecule has 0 aliphatic rings. The van der Waals surface area contributed by atoms with Crippen LogP contribution in [0, 0.1) is 0 Å². The molecule has 136 valence electrons. The Morgan fingerprint density at radius 2 is 2.00 bits per heavy atom. The number of hydrogen-bond acceptors (Lipinski definition) is 7. The fraction of sp³-hybridized carbons (Fsp3) is 0.250. The van der Waals surface area contributed by atoms with Crippen LogP contribution < -0.4 is 4.72 Å². The van der Waals surface area contributed by atoms with E-state index in [9.17, 15) is 8.42 Å². The molecule has 0 radical (unpaired) electrons. The summed E-state index contributed by atoms with van der Waals surface area (Å²) in [5, 5.41) is 4.24. The summed E-state index contributed by atoms with van der Waals surface area (Å²) >= 11 is 6.16. The van der Waals surface area contributed by atoms with Crippen molar-refractivity contribution in [3.63, 3.8) is 0 Å². The molecular weight excluding hydrogens is 378 g/mol. The van der Waals surface area contributed by atoms with Gasteiger partial charge in [-0.1, -0.05) is 42.7 Å². The number of nitrogens with zero attached hydrogens (tertiary/aromatic N) is 4. The van der Waals surface area contributed by atoms with E-state index in [1.54, 1.807) is 24.3 Å². The molecule has 3 rings (SSSR count). The van der Waals surface area contributed by atoms with Crippen LogP contribution in [-0.2, 0) is 10.0 Å². The molecule has 1 N–H and O–H groups in total. The second-order valence-corrected chi connectivity index (χ2v) is 8.11. The van der Waals surface area contributed by atoms with Gasteiger partial charge in [-0.05, 0) is 12.1 Å². The molecule has 26 heavy (non-hydrogen) atoms. The Balaban J connectivity index is 1.96. The monoisotopic (exact) mass is 393 g/mol. The van der Waals surface area contributed by atoms with E-state index in [1.165, 1.54) is 6.20 Å². The van der Waals surface area contributed by atoms with Gasteiger partial charge in [0.1, 0.15) is 5.82 Å². The zero-order chi connectivity index (χ0) is 18.9. The van der Waals surface area contributed by atoms with Crippen LogP contribution in [-0.4, -0.2) is 34.8 Å². The molecule has 0 aliphatic carbocycles. The lowest BCUT2D eigenvalue weighted by atomic mass is 10.2. The summed E-state index contributed by atoms with van der Waals surface area (Å²) in [6, 6.07) is 6.66. The Hall–Kier alpha value is -2.52. The third-order valence-electron chi connectivity index (χ3n) is 3.33. The molecule has 0 saturated carbocycles. The van der Waals surface area contributed by atoms with Crippen molar-refractivity contribution >= 4 is 27.3 Å². The molecule has 2 aromatic heterocycles. The quantitative estimate of drug-likeness (QED) is 0.707. The van der Waals surface area contributed by atoms with Crippen molar-refractivity contribution < 1.29 is 12.9 Å². The molecule has 0 bridgehead atoms. The van der Waals surface area contributed by atoms with Crippen LogP contribution in [0.15, 0.2) is 35.0 Å². The van der Waals surface area contributed by atoms with Crippen molar-refractivity contribution in [1.82, 2.24) is 20.1 Å². The van der Waals surface area contributed by atoms with Gasteiger partial charge in [0, 0.05) is 17.2 Å². The minimum atomic E-state index is -3.38. The molecule has 3 aromatic rings. The highest BCUT2D eigenvalue weighted by Crippen LogP contribution is 2.28. The van der Waals surface area contributed by atoms with Crippen molar-refractivity contribution in [2.75, 3.05) is 11.0 Å². The van der Waals surface area contributed by atoms with Gasteiger partial charge in [0.15, 0.2) is 5.69 Å². The van der Waals surface area contributed by atoms with Crippen LogP contribution in [0.4, 0.5) is 5.69 Å². The molecule has 0 amide bonds. The zero-order valence-corrected chi connectivity index (χ0v) is 15.8. The Labute approximate surface area is 155 Å². The first kappa shape index (κ1) is 18.3. The number of benzene rings is 1. The van der Waals surface area contributed by atoms with Gasteiger partial charge >= 0.3 is 0 Å². The van der Waals surface area contributed by atoms with Crippen molar-refractivity contribution in [2.24, 2.45) is 0 Å². The van der Waals surface area contributed by atoms with Gasteiger partial charge in [0.25, 0.3) is 5.89 Å². The van der Waals surface area contributed by atoms with Crippen molar-refractivity contribution in [3.05, 3.63) is 41.3 Å². The maximum Gasteiger partial charge on any atom is 0.278 e. The summed E-state index contributed by atoms with van der Waals surface area (Å²) in [5.74, 6) is 1.18. The number of halogens is 1. The van der Waals surface area contributed by atoms with Gasteiger partial charge in [0.2, 0.25) is 15.8 Å². The normalized spacial score (nSPS) is 11.7. The molecule has 2 heterocycles. The van der Waals surface area contributed by atoms with E-state index in [4.69, 9.17) is 16.1 Å². The molecular formula is C16H16ClN5O3S. The number of rotatable bonds is 5. The Morgan fingerprint density at radius 1 is 1.23 bits per heavy atom. The van der Waals surface area contributed by atoms with E-state index in [1.807, 2.05) is 13.8 Å². The molecule has 0 fully saturated rings. The van der Waals surface area contributed by atoms with Crippen molar-refractivity contribution in [1.29, 1.82) is 0 Å². The van der Waals surface area contributed by atoms with Crippen LogP contribution in [0.1, 0.15) is 25.6 Å². The lowest BCUT2D eigenvalue weighted by Crippen LogP contribution is -2.09. The van der Waals surface area contributed by atoms with Crippen molar-refractivity contribution in [3.8, 4) is 23.0 Å². The molecule has 0 spiro atoms. The number of aromatic nitrogens is 4. The predicted octanol–water partition coefficient (Wildman–Crippen LogP) is 3.34. The Bertz CT molecular complexity index is 1050. The maximum atomic E-state index is 11.4. The lowest BCUT2D eigenvalue weighted by molar-refractivity contribution is 0.430. The first-order chi connectivity index (χ1) is 12.2. The summed E-state index contributed by atoms with van der Waals surface area (Å²) in [6.07, 6.45) is 2.58. The predicted molar refractivity (Wildman–Crippen MR) is 98.3 cm³/mol. The average molecular weight is 394 g/mol. The molecule has 0 saturated heterocycles. The summed E-state index contributed by atoms with van der Waals surface area (Å²) in [6.45, 7) is 3.93. The maximum absolute atomic E-state index is 11.4. The summed E-state index contributed by atoms with van der Waals surface area (Å²) in [7, 11) is -3.38. The number of hydrogen-bond donors (Lipinski definition) is 1. The van der Waals surface area contributed by atoms with E-state index >= 15 is 0 Å². The SMILES string of the molecule is CC(C)c1ncc(Cl)c(-c2nc(-c3cccc(NS(C)(=O)=O)c3)no2)n1. The second kappa shape index (κ2) is 7.00. The van der Waals surface area contributed by atoms with E-state index in [0.717, 1.165) is 6.26 Å². The molecule has 0 aliphatic heterocycles. The molecule has 8 nitrogen and oxygen atoms in total. The number of anilines is 1. The fourth-order valence-corrected chi connectivity index (χ4v) is 2.91. The summed E-state index contributed by atoms with van der Waals surface area (Å²) < 4.78 is 30.4. The van der Waals surface area contributed by atoms with Gasteiger partial charge in [-0.25, -0.2) is 18.4 Å². The smallest absolute Gasteiger partial charge is 0.278 e. The van der Waals surface area contributed by atoms with E-state index < -0.39 is 10.0 Å². The first-order valence-electron chi connectivity index (χ1n) is 7.67. The summed E-state index contributed by atoms with van der Waals surface area (Å²) in [5.41, 5.74) is 1.34. The molecule has 10 heteroatoms. The van der Waals surface area contributed by atoms with Gasteiger partial charge in [-0.2, -0.15) is 4.98 Å². The zero-order valence-electron chi connectivity index (χ0n) is 14.3.